The van der Waals surface area contributed by atoms with Crippen molar-refractivity contribution in [1.29, 1.82) is 0 Å². The van der Waals surface area contributed by atoms with Crippen LogP contribution < -0.4 is 10.1 Å². The largest absolute Gasteiger partial charge is 0.497 e. The molecule has 0 spiro atoms. The Bertz CT molecular complexity index is 566. The Hall–Kier alpha value is -1.88. The second-order valence-electron chi connectivity index (χ2n) is 4.19. The summed E-state index contributed by atoms with van der Waals surface area (Å²) in [6.45, 7) is 2.43. The van der Waals surface area contributed by atoms with E-state index in [2.05, 4.69) is 10.3 Å². The molecule has 1 aromatic heterocycles. The third kappa shape index (κ3) is 4.06. The first-order valence-corrected chi connectivity index (χ1v) is 6.86. The zero-order chi connectivity index (χ0) is 13.7. The van der Waals surface area contributed by atoms with Gasteiger partial charge in [-0.25, -0.2) is 4.98 Å². The molecule has 0 fully saturated rings. The molecule has 2 rings (SSSR count). The number of aryl methyl sites for hydroxylation is 1. The van der Waals surface area contributed by atoms with Crippen LogP contribution in [-0.2, 0) is 17.8 Å². The summed E-state index contributed by atoms with van der Waals surface area (Å²) >= 11 is 1.56. The first kappa shape index (κ1) is 13.5. The molecule has 0 unspecified atom stereocenters. The van der Waals surface area contributed by atoms with Gasteiger partial charge in [0.2, 0.25) is 5.91 Å². The molecule has 0 radical (unpaired) electrons. The summed E-state index contributed by atoms with van der Waals surface area (Å²) in [6, 6.07) is 7.52. The maximum atomic E-state index is 11.8. The normalized spacial score (nSPS) is 10.2. The topological polar surface area (TPSA) is 51.2 Å². The third-order valence-corrected chi connectivity index (χ3v) is 3.57. The minimum absolute atomic E-state index is 0.0129. The van der Waals surface area contributed by atoms with Crippen molar-refractivity contribution in [3.8, 4) is 5.75 Å². The van der Waals surface area contributed by atoms with Crippen LogP contribution >= 0.6 is 11.3 Å². The maximum Gasteiger partial charge on any atom is 0.224 e. The lowest BCUT2D eigenvalue weighted by Gasteiger charge is -2.05. The maximum absolute atomic E-state index is 11.8. The average Bonchev–Trinajstić information content (AvgIpc) is 2.82. The van der Waals surface area contributed by atoms with Crippen LogP contribution in [0.5, 0.6) is 5.75 Å². The van der Waals surface area contributed by atoms with Crippen LogP contribution in [0, 0.1) is 6.92 Å². The number of benzene rings is 1. The molecule has 0 atom stereocenters. The fourth-order valence-electron chi connectivity index (χ4n) is 1.69. The number of hydrogen-bond acceptors (Lipinski definition) is 4. The Labute approximate surface area is 116 Å². The SMILES string of the molecule is COc1cccc(CC(=O)NCc2nc(C)cs2)c1. The van der Waals surface area contributed by atoms with Crippen molar-refractivity contribution in [2.45, 2.75) is 19.9 Å². The highest BCUT2D eigenvalue weighted by Crippen LogP contribution is 2.13. The van der Waals surface area contributed by atoms with Crippen molar-refractivity contribution < 1.29 is 9.53 Å². The number of aromatic nitrogens is 1. The number of carbonyl (C=O) groups excluding carboxylic acids is 1. The Kier molecular flexibility index (Phi) is 4.52. The van der Waals surface area contributed by atoms with Crippen LogP contribution in [0.1, 0.15) is 16.3 Å². The molecule has 1 aromatic carbocycles. The number of thiazole rings is 1. The van der Waals surface area contributed by atoms with E-state index in [-0.39, 0.29) is 5.91 Å². The van der Waals surface area contributed by atoms with Crippen LogP contribution in [0.15, 0.2) is 29.6 Å². The van der Waals surface area contributed by atoms with E-state index in [0.29, 0.717) is 13.0 Å². The van der Waals surface area contributed by atoms with Crippen molar-refractivity contribution in [2.75, 3.05) is 7.11 Å². The number of nitrogens with one attached hydrogen (secondary N) is 1. The molecule has 0 bridgehead atoms. The molecule has 0 aliphatic heterocycles. The molecule has 5 heteroatoms. The number of ether oxygens (including phenoxy) is 1. The van der Waals surface area contributed by atoms with E-state index in [4.69, 9.17) is 4.74 Å². The van der Waals surface area contributed by atoms with E-state index in [9.17, 15) is 4.79 Å². The summed E-state index contributed by atoms with van der Waals surface area (Å²) in [7, 11) is 1.62. The van der Waals surface area contributed by atoms with Crippen LogP contribution in [0.25, 0.3) is 0 Å². The van der Waals surface area contributed by atoms with Crippen molar-refractivity contribution in [3.63, 3.8) is 0 Å². The second-order valence-corrected chi connectivity index (χ2v) is 5.13. The van der Waals surface area contributed by atoms with Gasteiger partial charge in [-0.15, -0.1) is 11.3 Å². The highest BCUT2D eigenvalue weighted by molar-refractivity contribution is 7.09. The van der Waals surface area contributed by atoms with E-state index >= 15 is 0 Å². The van der Waals surface area contributed by atoms with E-state index in [0.717, 1.165) is 22.0 Å². The van der Waals surface area contributed by atoms with Gasteiger partial charge >= 0.3 is 0 Å². The van der Waals surface area contributed by atoms with Crippen LogP contribution in [0.2, 0.25) is 0 Å². The molecule has 1 heterocycles. The predicted octanol–water partition coefficient (Wildman–Crippen LogP) is 2.32. The molecule has 0 saturated heterocycles. The number of hydrogen-bond donors (Lipinski definition) is 1. The summed E-state index contributed by atoms with van der Waals surface area (Å²) in [6.07, 6.45) is 0.349. The number of carbonyl (C=O) groups is 1. The number of amides is 1. The molecule has 0 aliphatic carbocycles. The minimum atomic E-state index is -0.0129. The zero-order valence-electron chi connectivity index (χ0n) is 11.0. The third-order valence-electron chi connectivity index (χ3n) is 2.60. The Morgan fingerprint density at radius 1 is 1.47 bits per heavy atom. The fourth-order valence-corrected chi connectivity index (χ4v) is 2.40. The van der Waals surface area contributed by atoms with E-state index < -0.39 is 0 Å². The smallest absolute Gasteiger partial charge is 0.224 e. The first-order valence-electron chi connectivity index (χ1n) is 5.98. The van der Waals surface area contributed by atoms with Crippen molar-refractivity contribution in [2.24, 2.45) is 0 Å². The zero-order valence-corrected chi connectivity index (χ0v) is 11.8. The molecule has 100 valence electrons. The van der Waals surface area contributed by atoms with Crippen molar-refractivity contribution >= 4 is 17.2 Å². The number of methoxy groups -OCH3 is 1. The van der Waals surface area contributed by atoms with E-state index in [1.54, 1.807) is 18.4 Å². The van der Waals surface area contributed by atoms with Gasteiger partial charge in [0.1, 0.15) is 10.8 Å². The molecule has 1 amide bonds. The van der Waals surface area contributed by atoms with Gasteiger partial charge in [0.05, 0.1) is 20.1 Å². The lowest BCUT2D eigenvalue weighted by atomic mass is 10.1. The summed E-state index contributed by atoms with van der Waals surface area (Å²) in [5, 5.41) is 5.77. The molecule has 4 nitrogen and oxygen atoms in total. The highest BCUT2D eigenvalue weighted by atomic mass is 32.1. The average molecular weight is 276 g/mol. The molecule has 2 aromatic rings. The van der Waals surface area contributed by atoms with Gasteiger partial charge in [0, 0.05) is 11.1 Å². The summed E-state index contributed by atoms with van der Waals surface area (Å²) < 4.78 is 5.13. The first-order chi connectivity index (χ1) is 9.17. The standard InChI is InChI=1S/C14H16N2O2S/c1-10-9-19-14(16-10)8-15-13(17)7-11-4-3-5-12(6-11)18-2/h3-6,9H,7-8H2,1-2H3,(H,15,17). The van der Waals surface area contributed by atoms with Gasteiger partial charge in [-0.3, -0.25) is 4.79 Å². The van der Waals surface area contributed by atoms with Gasteiger partial charge in [0.25, 0.3) is 0 Å². The Balaban J connectivity index is 1.86. The minimum Gasteiger partial charge on any atom is -0.497 e. The molecule has 0 aliphatic rings. The monoisotopic (exact) mass is 276 g/mol. The predicted molar refractivity (Wildman–Crippen MR) is 75.4 cm³/mol. The number of nitrogens with zero attached hydrogens (tertiary/aromatic N) is 1. The summed E-state index contributed by atoms with van der Waals surface area (Å²) in [4.78, 5) is 16.1. The number of rotatable bonds is 5. The molecule has 19 heavy (non-hydrogen) atoms. The Morgan fingerprint density at radius 3 is 3.00 bits per heavy atom. The van der Waals surface area contributed by atoms with Gasteiger partial charge in [-0.1, -0.05) is 12.1 Å². The van der Waals surface area contributed by atoms with Gasteiger partial charge in [-0.05, 0) is 24.6 Å². The quantitative estimate of drug-likeness (QED) is 0.911. The molecule has 1 N–H and O–H groups in total. The van der Waals surface area contributed by atoms with Crippen LogP contribution in [-0.4, -0.2) is 18.0 Å². The second kappa shape index (κ2) is 6.33. The Morgan fingerprint density at radius 2 is 2.32 bits per heavy atom. The van der Waals surface area contributed by atoms with Gasteiger partial charge < -0.3 is 10.1 Å². The van der Waals surface area contributed by atoms with Crippen molar-refractivity contribution in [1.82, 2.24) is 10.3 Å². The van der Waals surface area contributed by atoms with Gasteiger partial charge in [-0.2, -0.15) is 0 Å². The molecular weight excluding hydrogens is 260 g/mol. The lowest BCUT2D eigenvalue weighted by Crippen LogP contribution is -2.24. The molecular formula is C14H16N2O2S. The van der Waals surface area contributed by atoms with E-state index in [1.165, 1.54) is 0 Å². The van der Waals surface area contributed by atoms with Crippen LogP contribution in [0.3, 0.4) is 0 Å². The lowest BCUT2D eigenvalue weighted by molar-refractivity contribution is -0.120. The van der Waals surface area contributed by atoms with Crippen molar-refractivity contribution in [3.05, 3.63) is 45.9 Å². The molecule has 0 saturated carbocycles. The highest BCUT2D eigenvalue weighted by Gasteiger charge is 2.05. The summed E-state index contributed by atoms with van der Waals surface area (Å²) in [5.74, 6) is 0.752. The van der Waals surface area contributed by atoms with Crippen LogP contribution in [0.4, 0.5) is 0 Å². The fraction of sp³-hybridized carbons (Fsp3) is 0.286. The van der Waals surface area contributed by atoms with Gasteiger partial charge in [0.15, 0.2) is 0 Å². The summed E-state index contributed by atoms with van der Waals surface area (Å²) in [5.41, 5.74) is 1.93. The van der Waals surface area contributed by atoms with E-state index in [1.807, 2.05) is 36.6 Å².